The van der Waals surface area contributed by atoms with E-state index in [1.54, 1.807) is 4.52 Å². The third kappa shape index (κ3) is 5.72. The number of ether oxygens (including phenoxy) is 2. The molecule has 0 bridgehead atoms. The molecule has 1 atom stereocenters. The lowest BCUT2D eigenvalue weighted by Crippen LogP contribution is -2.22. The molecule has 0 fully saturated rings. The van der Waals surface area contributed by atoms with Crippen LogP contribution in [-0.2, 0) is 16.0 Å². The second-order valence-corrected chi connectivity index (χ2v) is 7.81. The average Bonchev–Trinajstić information content (AvgIpc) is 3.26. The Bertz CT molecular complexity index is 1270. The van der Waals surface area contributed by atoms with E-state index in [0.29, 0.717) is 24.4 Å². The summed E-state index contributed by atoms with van der Waals surface area (Å²) in [5.74, 6) is 1.20. The first kappa shape index (κ1) is 23.3. The summed E-state index contributed by atoms with van der Waals surface area (Å²) in [7, 11) is 0. The second-order valence-electron chi connectivity index (χ2n) is 7.81. The van der Waals surface area contributed by atoms with E-state index in [4.69, 9.17) is 14.6 Å². The van der Waals surface area contributed by atoms with E-state index in [1.807, 2.05) is 66.7 Å². The van der Waals surface area contributed by atoms with E-state index in [-0.39, 0.29) is 24.6 Å². The normalized spacial score (nSPS) is 11.9. The van der Waals surface area contributed by atoms with Gasteiger partial charge in [-0.1, -0.05) is 49.0 Å². The van der Waals surface area contributed by atoms with Crippen molar-refractivity contribution in [3.63, 3.8) is 0 Å². The van der Waals surface area contributed by atoms with Crippen LogP contribution in [0.15, 0.2) is 78.9 Å². The highest BCUT2D eigenvalue weighted by molar-refractivity contribution is 5.93. The van der Waals surface area contributed by atoms with Crippen molar-refractivity contribution in [2.45, 2.75) is 19.4 Å². The van der Waals surface area contributed by atoms with Gasteiger partial charge in [-0.2, -0.15) is 9.61 Å². The molecule has 2 heterocycles. The van der Waals surface area contributed by atoms with Crippen molar-refractivity contribution in [3.8, 4) is 17.0 Å². The van der Waals surface area contributed by atoms with Crippen LogP contribution in [0.4, 0.5) is 0 Å². The van der Waals surface area contributed by atoms with Gasteiger partial charge in [0.1, 0.15) is 18.5 Å². The summed E-state index contributed by atoms with van der Waals surface area (Å²) in [4.78, 5) is 11.2. The monoisotopic (exact) mass is 458 g/mol. The largest absolute Gasteiger partial charge is 0.491 e. The maximum Gasteiger partial charge on any atom is 0.177 e. The van der Waals surface area contributed by atoms with E-state index in [2.05, 4.69) is 16.8 Å². The smallest absolute Gasteiger partial charge is 0.177 e. The van der Waals surface area contributed by atoms with Crippen LogP contribution in [0.3, 0.4) is 0 Å². The molecule has 0 radical (unpaired) electrons. The van der Waals surface area contributed by atoms with E-state index in [1.165, 1.54) is 6.92 Å². The zero-order valence-corrected chi connectivity index (χ0v) is 18.9. The van der Waals surface area contributed by atoms with Crippen LogP contribution in [0.1, 0.15) is 18.3 Å². The summed E-state index contributed by atoms with van der Waals surface area (Å²) in [6, 6.07) is 21.6. The van der Waals surface area contributed by atoms with Crippen LogP contribution < -0.4 is 4.74 Å². The van der Waals surface area contributed by atoms with Gasteiger partial charge in [0, 0.05) is 17.6 Å². The van der Waals surface area contributed by atoms with Crippen LogP contribution in [-0.4, -0.2) is 56.6 Å². The Balaban J connectivity index is 1.31. The van der Waals surface area contributed by atoms with E-state index >= 15 is 0 Å². The molecule has 0 aliphatic carbocycles. The fraction of sp³-hybridized carbons (Fsp3) is 0.231. The lowest BCUT2D eigenvalue weighted by Gasteiger charge is -2.12. The summed E-state index contributed by atoms with van der Waals surface area (Å²) in [6.45, 7) is 5.52. The van der Waals surface area contributed by atoms with E-state index in [0.717, 1.165) is 22.6 Å². The minimum atomic E-state index is -0.997. The Labute approximate surface area is 197 Å². The minimum absolute atomic E-state index is 0.00698. The van der Waals surface area contributed by atoms with Gasteiger partial charge in [0.15, 0.2) is 17.3 Å². The van der Waals surface area contributed by atoms with Crippen molar-refractivity contribution >= 4 is 11.4 Å². The van der Waals surface area contributed by atoms with Gasteiger partial charge in [-0.3, -0.25) is 4.79 Å². The number of aromatic nitrogens is 4. The number of rotatable bonds is 11. The second kappa shape index (κ2) is 10.8. The quantitative estimate of drug-likeness (QED) is 0.272. The maximum absolute atomic E-state index is 11.2. The lowest BCUT2D eigenvalue weighted by atomic mass is 10.1. The van der Waals surface area contributed by atoms with Crippen molar-refractivity contribution in [1.29, 1.82) is 0 Å². The Kier molecular flexibility index (Phi) is 7.41. The van der Waals surface area contributed by atoms with Crippen LogP contribution >= 0.6 is 0 Å². The van der Waals surface area contributed by atoms with Gasteiger partial charge in [0.25, 0.3) is 0 Å². The summed E-state index contributed by atoms with van der Waals surface area (Å²) in [5.41, 5.74) is 3.79. The summed E-state index contributed by atoms with van der Waals surface area (Å²) in [5, 5.41) is 23.0. The molecule has 4 rings (SSSR count). The Morgan fingerprint density at radius 3 is 2.53 bits per heavy atom. The fourth-order valence-corrected chi connectivity index (χ4v) is 3.34. The van der Waals surface area contributed by atoms with Crippen molar-refractivity contribution in [1.82, 2.24) is 19.8 Å². The number of Topliss-reactive ketones (excluding diaryl/α,β-unsaturated/α-hetero) is 1. The van der Waals surface area contributed by atoms with Crippen LogP contribution in [0.5, 0.6) is 5.75 Å². The molecule has 0 spiro atoms. The van der Waals surface area contributed by atoms with Gasteiger partial charge in [-0.15, -0.1) is 10.2 Å². The molecule has 2 aromatic carbocycles. The highest BCUT2D eigenvalue weighted by Crippen LogP contribution is 2.19. The standard InChI is InChI=1S/C26H26N4O4/c1-18(19(2)31)24(32)17-33-14-15-34-22-10-8-20(9-11-22)16-26-28-27-25-13-12-23(29-30(25)26)21-6-4-3-5-7-21/h3-13,24,32H,1,14-17H2,2H3. The molecular weight excluding hydrogens is 432 g/mol. The van der Waals surface area contributed by atoms with Crippen LogP contribution in [0, 0.1) is 0 Å². The number of hydrogen-bond acceptors (Lipinski definition) is 7. The van der Waals surface area contributed by atoms with E-state index in [9.17, 15) is 9.90 Å². The zero-order chi connectivity index (χ0) is 23.9. The molecule has 34 heavy (non-hydrogen) atoms. The molecule has 2 aromatic heterocycles. The molecule has 0 saturated carbocycles. The average molecular weight is 459 g/mol. The minimum Gasteiger partial charge on any atom is -0.491 e. The number of carbonyl (C=O) groups excluding carboxylic acids is 1. The number of aliphatic hydroxyl groups is 1. The van der Waals surface area contributed by atoms with Gasteiger partial charge >= 0.3 is 0 Å². The molecule has 0 aliphatic heterocycles. The van der Waals surface area contributed by atoms with Gasteiger partial charge in [-0.25, -0.2) is 0 Å². The first-order valence-corrected chi connectivity index (χ1v) is 11.0. The Hall–Kier alpha value is -3.88. The topological polar surface area (TPSA) is 98.8 Å². The molecular formula is C26H26N4O4. The number of nitrogens with zero attached hydrogens (tertiary/aromatic N) is 4. The molecule has 4 aromatic rings. The highest BCUT2D eigenvalue weighted by atomic mass is 16.5. The first-order chi connectivity index (χ1) is 16.5. The van der Waals surface area contributed by atoms with Crippen molar-refractivity contribution in [3.05, 3.63) is 90.3 Å². The summed E-state index contributed by atoms with van der Waals surface area (Å²) in [6.07, 6.45) is -0.420. The molecule has 0 amide bonds. The number of aliphatic hydroxyl groups excluding tert-OH is 1. The third-order valence-electron chi connectivity index (χ3n) is 5.31. The predicted octanol–water partition coefficient (Wildman–Crippen LogP) is 3.28. The van der Waals surface area contributed by atoms with Gasteiger partial charge in [-0.05, 0) is 36.8 Å². The molecule has 0 saturated heterocycles. The number of fused-ring (bicyclic) bond motifs is 1. The number of hydrogen-bond donors (Lipinski definition) is 1. The van der Waals surface area contributed by atoms with Crippen molar-refractivity contribution in [2.75, 3.05) is 19.8 Å². The van der Waals surface area contributed by atoms with E-state index < -0.39 is 6.10 Å². The predicted molar refractivity (Wildman–Crippen MR) is 128 cm³/mol. The maximum atomic E-state index is 11.2. The van der Waals surface area contributed by atoms with Gasteiger partial charge in [0.2, 0.25) is 0 Å². The number of benzene rings is 2. The van der Waals surface area contributed by atoms with Gasteiger partial charge in [0.05, 0.1) is 18.9 Å². The third-order valence-corrected chi connectivity index (χ3v) is 5.31. The lowest BCUT2D eigenvalue weighted by molar-refractivity contribution is -0.114. The molecule has 0 aliphatic rings. The molecule has 1 N–H and O–H groups in total. The molecule has 174 valence electrons. The zero-order valence-electron chi connectivity index (χ0n) is 18.9. The van der Waals surface area contributed by atoms with Crippen molar-refractivity contribution in [2.24, 2.45) is 0 Å². The fourth-order valence-electron chi connectivity index (χ4n) is 3.34. The summed E-state index contributed by atoms with van der Waals surface area (Å²) < 4.78 is 12.8. The molecule has 8 nitrogen and oxygen atoms in total. The molecule has 8 heteroatoms. The summed E-state index contributed by atoms with van der Waals surface area (Å²) >= 11 is 0. The molecule has 1 unspecified atom stereocenters. The Morgan fingerprint density at radius 2 is 1.79 bits per heavy atom. The first-order valence-electron chi connectivity index (χ1n) is 11.0. The van der Waals surface area contributed by atoms with Gasteiger partial charge < -0.3 is 14.6 Å². The number of carbonyl (C=O) groups is 1. The SMILES string of the molecule is C=C(C(C)=O)C(O)COCCOc1ccc(Cc2nnc3ccc(-c4ccccc4)nn23)cc1. The number of ketones is 1. The van der Waals surface area contributed by atoms with Crippen LogP contribution in [0.25, 0.3) is 16.9 Å². The van der Waals surface area contributed by atoms with Crippen molar-refractivity contribution < 1.29 is 19.4 Å². The highest BCUT2D eigenvalue weighted by Gasteiger charge is 2.13. The van der Waals surface area contributed by atoms with Crippen LogP contribution in [0.2, 0.25) is 0 Å². The Morgan fingerprint density at radius 1 is 1.03 bits per heavy atom.